The van der Waals surface area contributed by atoms with E-state index in [-0.39, 0.29) is 39.8 Å². The Bertz CT molecular complexity index is 929. The van der Waals surface area contributed by atoms with E-state index in [9.17, 15) is 30.0 Å². The molecule has 0 radical (unpaired) electrons. The summed E-state index contributed by atoms with van der Waals surface area (Å²) < 4.78 is 5.20. The molecule has 2 aromatic carbocycles. The van der Waals surface area contributed by atoms with Crippen molar-refractivity contribution in [2.75, 3.05) is 0 Å². The molecule has 26 heavy (non-hydrogen) atoms. The van der Waals surface area contributed by atoms with Crippen LogP contribution in [0.15, 0.2) is 18.2 Å². The Morgan fingerprint density at radius 3 is 2.54 bits per heavy atom. The molecule has 138 valence electrons. The van der Waals surface area contributed by atoms with Gasteiger partial charge in [0.15, 0.2) is 5.78 Å². The minimum atomic E-state index is -1.60. The molecule has 0 saturated heterocycles. The molecule has 1 aliphatic rings. The van der Waals surface area contributed by atoms with Crippen molar-refractivity contribution in [1.29, 1.82) is 0 Å². The number of Topliss-reactive ketones (excluding diaryl/α,β-unsaturated/α-hetero) is 1. The van der Waals surface area contributed by atoms with Gasteiger partial charge in [0.25, 0.3) is 0 Å². The maximum absolute atomic E-state index is 12.6. The number of ether oxygens (including phenoxy) is 1. The summed E-state index contributed by atoms with van der Waals surface area (Å²) in [5.74, 6) is -3.19. The average Bonchev–Trinajstić information content (AvgIpc) is 2.49. The zero-order valence-corrected chi connectivity index (χ0v) is 14.6. The quantitative estimate of drug-likeness (QED) is 0.478. The van der Waals surface area contributed by atoms with Gasteiger partial charge in [0, 0.05) is 24.3 Å². The SMILES string of the molecule is CC(=O)O[C@@H](C)[C@H]1c2c(c(O)c3c(O)cccc3c2O)C(=O)C[C@@]1(C)O. The highest BCUT2D eigenvalue weighted by Crippen LogP contribution is 2.53. The van der Waals surface area contributed by atoms with E-state index >= 15 is 0 Å². The van der Waals surface area contributed by atoms with Crippen LogP contribution < -0.4 is 0 Å². The fourth-order valence-electron chi connectivity index (χ4n) is 3.99. The van der Waals surface area contributed by atoms with Gasteiger partial charge in [-0.05, 0) is 19.9 Å². The van der Waals surface area contributed by atoms with Gasteiger partial charge in [-0.3, -0.25) is 9.59 Å². The van der Waals surface area contributed by atoms with Crippen molar-refractivity contribution in [3.05, 3.63) is 29.3 Å². The molecule has 0 aliphatic heterocycles. The number of ketones is 1. The Morgan fingerprint density at radius 1 is 1.27 bits per heavy atom. The van der Waals surface area contributed by atoms with Gasteiger partial charge in [0.1, 0.15) is 23.4 Å². The molecule has 0 bridgehead atoms. The van der Waals surface area contributed by atoms with Gasteiger partial charge in [-0.1, -0.05) is 12.1 Å². The molecule has 0 saturated carbocycles. The third-order valence-electron chi connectivity index (χ3n) is 4.90. The molecule has 0 unspecified atom stereocenters. The Balaban J connectivity index is 2.39. The monoisotopic (exact) mass is 360 g/mol. The highest BCUT2D eigenvalue weighted by Gasteiger charge is 2.49. The van der Waals surface area contributed by atoms with Crippen LogP contribution in [0.4, 0.5) is 0 Å². The van der Waals surface area contributed by atoms with Crippen molar-refractivity contribution in [2.45, 2.75) is 44.8 Å². The van der Waals surface area contributed by atoms with Crippen LogP contribution in [0, 0.1) is 0 Å². The van der Waals surface area contributed by atoms with Crippen molar-refractivity contribution in [3.8, 4) is 17.2 Å². The van der Waals surface area contributed by atoms with E-state index in [4.69, 9.17) is 4.74 Å². The van der Waals surface area contributed by atoms with Crippen LogP contribution >= 0.6 is 0 Å². The van der Waals surface area contributed by atoms with Crippen LogP contribution in [0.25, 0.3) is 10.8 Å². The molecule has 0 amide bonds. The molecule has 0 heterocycles. The second-order valence-electron chi connectivity index (χ2n) is 6.93. The number of phenolic OH excluding ortho intramolecular Hbond substituents is 3. The maximum atomic E-state index is 12.6. The number of aromatic hydroxyl groups is 3. The summed E-state index contributed by atoms with van der Waals surface area (Å²) in [7, 11) is 0. The number of carbonyl (C=O) groups excluding carboxylic acids is 2. The Hall–Kier alpha value is -2.80. The van der Waals surface area contributed by atoms with Gasteiger partial charge < -0.3 is 25.2 Å². The van der Waals surface area contributed by atoms with E-state index in [1.54, 1.807) is 6.92 Å². The van der Waals surface area contributed by atoms with Crippen LogP contribution in [-0.2, 0) is 9.53 Å². The summed E-state index contributed by atoms with van der Waals surface area (Å²) in [6.45, 7) is 4.18. The lowest BCUT2D eigenvalue weighted by molar-refractivity contribution is -0.150. The summed E-state index contributed by atoms with van der Waals surface area (Å²) in [6, 6.07) is 4.29. The van der Waals surface area contributed by atoms with Gasteiger partial charge in [-0.25, -0.2) is 0 Å². The maximum Gasteiger partial charge on any atom is 0.302 e. The molecular weight excluding hydrogens is 340 g/mol. The number of carbonyl (C=O) groups is 2. The van der Waals surface area contributed by atoms with Gasteiger partial charge in [-0.2, -0.15) is 0 Å². The minimum Gasteiger partial charge on any atom is -0.507 e. The van der Waals surface area contributed by atoms with Crippen molar-refractivity contribution in [3.63, 3.8) is 0 Å². The summed E-state index contributed by atoms with van der Waals surface area (Å²) in [6.07, 6.45) is -1.20. The molecule has 0 spiro atoms. The second-order valence-corrected chi connectivity index (χ2v) is 6.93. The van der Waals surface area contributed by atoms with Gasteiger partial charge in [0.05, 0.1) is 22.5 Å². The minimum absolute atomic E-state index is 0.00981. The largest absolute Gasteiger partial charge is 0.507 e. The lowest BCUT2D eigenvalue weighted by Gasteiger charge is -2.41. The molecule has 3 rings (SSSR count). The molecule has 3 atom stereocenters. The summed E-state index contributed by atoms with van der Waals surface area (Å²) in [5.41, 5.74) is -1.77. The number of hydrogen-bond donors (Lipinski definition) is 4. The van der Waals surface area contributed by atoms with E-state index in [2.05, 4.69) is 0 Å². The average molecular weight is 360 g/mol. The normalized spacial score (nSPS) is 23.5. The van der Waals surface area contributed by atoms with Crippen molar-refractivity contribution in [1.82, 2.24) is 0 Å². The van der Waals surface area contributed by atoms with E-state index in [0.29, 0.717) is 0 Å². The molecule has 1 aliphatic carbocycles. The number of phenols is 3. The van der Waals surface area contributed by atoms with Gasteiger partial charge >= 0.3 is 5.97 Å². The van der Waals surface area contributed by atoms with Crippen LogP contribution in [0.5, 0.6) is 17.2 Å². The Kier molecular flexibility index (Phi) is 4.07. The first kappa shape index (κ1) is 18.0. The molecule has 7 heteroatoms. The van der Waals surface area contributed by atoms with E-state index in [1.807, 2.05) is 0 Å². The topological polar surface area (TPSA) is 124 Å². The summed E-state index contributed by atoms with van der Waals surface area (Å²) in [4.78, 5) is 24.0. The first-order valence-electron chi connectivity index (χ1n) is 8.18. The number of fused-ring (bicyclic) bond motifs is 2. The van der Waals surface area contributed by atoms with Crippen LogP contribution in [0.1, 0.15) is 49.0 Å². The first-order chi connectivity index (χ1) is 12.1. The third-order valence-corrected chi connectivity index (χ3v) is 4.90. The first-order valence-corrected chi connectivity index (χ1v) is 8.18. The van der Waals surface area contributed by atoms with Crippen molar-refractivity contribution >= 4 is 22.5 Å². The van der Waals surface area contributed by atoms with Gasteiger partial charge in [0.2, 0.25) is 0 Å². The molecule has 4 N–H and O–H groups in total. The Labute approximate surface area is 149 Å². The van der Waals surface area contributed by atoms with Crippen LogP contribution in [-0.4, -0.2) is 43.9 Å². The predicted octanol–water partition coefficient (Wildman–Crippen LogP) is 2.33. The fourth-order valence-corrected chi connectivity index (χ4v) is 3.99. The number of hydrogen-bond acceptors (Lipinski definition) is 7. The van der Waals surface area contributed by atoms with Crippen molar-refractivity contribution < 1.29 is 34.8 Å². The van der Waals surface area contributed by atoms with E-state index in [1.165, 1.54) is 32.0 Å². The summed E-state index contributed by atoms with van der Waals surface area (Å²) in [5, 5.41) is 42.4. The highest BCUT2D eigenvalue weighted by atomic mass is 16.5. The lowest BCUT2D eigenvalue weighted by atomic mass is 9.68. The number of esters is 1. The number of rotatable bonds is 2. The summed E-state index contributed by atoms with van der Waals surface area (Å²) >= 11 is 0. The van der Waals surface area contributed by atoms with E-state index < -0.39 is 35.1 Å². The molecule has 2 aromatic rings. The molecule has 0 fully saturated rings. The zero-order valence-electron chi connectivity index (χ0n) is 14.6. The highest BCUT2D eigenvalue weighted by molar-refractivity contribution is 6.11. The van der Waals surface area contributed by atoms with Crippen LogP contribution in [0.2, 0.25) is 0 Å². The van der Waals surface area contributed by atoms with E-state index in [0.717, 1.165) is 0 Å². The van der Waals surface area contributed by atoms with Crippen molar-refractivity contribution in [2.24, 2.45) is 0 Å². The molecule has 7 nitrogen and oxygen atoms in total. The molecular formula is C19H20O7. The lowest BCUT2D eigenvalue weighted by Crippen LogP contribution is -2.46. The predicted molar refractivity (Wildman–Crippen MR) is 92.5 cm³/mol. The fraction of sp³-hybridized carbons (Fsp3) is 0.368. The smallest absolute Gasteiger partial charge is 0.302 e. The zero-order chi connectivity index (χ0) is 19.4. The Morgan fingerprint density at radius 2 is 1.92 bits per heavy atom. The van der Waals surface area contributed by atoms with Crippen LogP contribution in [0.3, 0.4) is 0 Å². The molecule has 0 aromatic heterocycles. The second kappa shape index (κ2) is 5.88. The van der Waals surface area contributed by atoms with Gasteiger partial charge in [-0.15, -0.1) is 0 Å². The standard InChI is InChI=1S/C19H20O7/c1-8(26-9(2)20)16-15-14(12(22)7-19(16,3)25)18(24)13-10(17(15)23)5-4-6-11(13)21/h4-6,8,16,21,23-25H,7H2,1-3H3/t8-,16-,19+/m0/s1. The number of aliphatic hydroxyl groups is 1. The number of benzene rings is 2. The third kappa shape index (κ3) is 2.55.